The van der Waals surface area contributed by atoms with Crippen LogP contribution in [0.1, 0.15) is 6.42 Å². The maximum absolute atomic E-state index is 10.9. The van der Waals surface area contributed by atoms with Gasteiger partial charge in [0, 0.05) is 6.42 Å². The Kier molecular flexibility index (Phi) is 1.51. The molecule has 0 bridgehead atoms. The van der Waals surface area contributed by atoms with Crippen LogP contribution in [0.25, 0.3) is 0 Å². The van der Waals surface area contributed by atoms with Crippen molar-refractivity contribution in [1.29, 1.82) is 0 Å². The van der Waals surface area contributed by atoms with Crippen LogP contribution >= 0.6 is 0 Å². The molecule has 1 fully saturated rings. The molecule has 1 N–H and O–H groups in total. The molecule has 0 spiro atoms. The molecular formula is C8H8O4. The number of esters is 1. The largest absolute Gasteiger partial charge is 0.459 e. The zero-order valence-electron chi connectivity index (χ0n) is 6.27. The lowest BCUT2D eigenvalue weighted by molar-refractivity contribution is -0.147. The summed E-state index contributed by atoms with van der Waals surface area (Å²) >= 11 is 0. The highest BCUT2D eigenvalue weighted by Gasteiger charge is 2.44. The minimum Gasteiger partial charge on any atom is -0.459 e. The number of fused-ring (bicyclic) bond motifs is 1. The Hall–Kier alpha value is -1.16. The third-order valence-electron chi connectivity index (χ3n) is 2.21. The second kappa shape index (κ2) is 2.42. The average molecular weight is 168 g/mol. The topological polar surface area (TPSA) is 63.6 Å². The van der Waals surface area contributed by atoms with Gasteiger partial charge in [-0.15, -0.1) is 0 Å². The number of aliphatic hydroxyl groups is 1. The highest BCUT2D eigenvalue weighted by atomic mass is 16.6. The third-order valence-corrected chi connectivity index (χ3v) is 2.21. The predicted octanol–water partition coefficient (Wildman–Crippen LogP) is -0.582. The van der Waals surface area contributed by atoms with E-state index in [9.17, 15) is 14.7 Å². The second-order valence-electron chi connectivity index (χ2n) is 3.03. The Morgan fingerprint density at radius 2 is 2.25 bits per heavy atom. The van der Waals surface area contributed by atoms with Crippen molar-refractivity contribution in [3.63, 3.8) is 0 Å². The molecule has 64 valence electrons. The Balaban J connectivity index is 2.25. The van der Waals surface area contributed by atoms with Crippen LogP contribution in [-0.4, -0.2) is 29.1 Å². The van der Waals surface area contributed by atoms with Gasteiger partial charge >= 0.3 is 5.97 Å². The van der Waals surface area contributed by atoms with Crippen molar-refractivity contribution in [3.8, 4) is 0 Å². The van der Waals surface area contributed by atoms with Crippen LogP contribution < -0.4 is 0 Å². The van der Waals surface area contributed by atoms with E-state index in [2.05, 4.69) is 0 Å². The van der Waals surface area contributed by atoms with E-state index in [-0.39, 0.29) is 18.1 Å². The Bertz CT molecular complexity index is 268. The number of ether oxygens (including phenoxy) is 1. The Labute approximate surface area is 68.8 Å². The lowest BCUT2D eigenvalue weighted by Crippen LogP contribution is -2.27. The minimum absolute atomic E-state index is 0.0573. The zero-order valence-corrected chi connectivity index (χ0v) is 6.27. The first-order chi connectivity index (χ1) is 5.68. The number of allylic oxidation sites excluding steroid dienone is 1. The maximum atomic E-state index is 10.9. The van der Waals surface area contributed by atoms with Crippen LogP contribution in [0, 0.1) is 5.92 Å². The van der Waals surface area contributed by atoms with Crippen molar-refractivity contribution in [2.24, 2.45) is 5.92 Å². The first-order valence-electron chi connectivity index (χ1n) is 3.78. The second-order valence-corrected chi connectivity index (χ2v) is 3.03. The molecule has 4 nitrogen and oxygen atoms in total. The summed E-state index contributed by atoms with van der Waals surface area (Å²) in [5.74, 6) is -1.00. The number of hydrogen-bond acceptors (Lipinski definition) is 4. The summed E-state index contributed by atoms with van der Waals surface area (Å²) in [6.07, 6.45) is 1.62. The van der Waals surface area contributed by atoms with E-state index in [0.717, 1.165) is 0 Å². The van der Waals surface area contributed by atoms with E-state index in [0.29, 0.717) is 0 Å². The van der Waals surface area contributed by atoms with Crippen molar-refractivity contribution in [2.45, 2.75) is 18.6 Å². The first kappa shape index (κ1) is 7.49. The zero-order chi connectivity index (χ0) is 8.72. The summed E-state index contributed by atoms with van der Waals surface area (Å²) in [5.41, 5.74) is 0. The van der Waals surface area contributed by atoms with E-state index in [4.69, 9.17) is 4.74 Å². The number of ketones is 1. The van der Waals surface area contributed by atoms with Gasteiger partial charge in [0.15, 0.2) is 11.9 Å². The smallest absolute Gasteiger partial charge is 0.336 e. The molecule has 0 radical (unpaired) electrons. The molecule has 0 aromatic carbocycles. The predicted molar refractivity (Wildman–Crippen MR) is 38.1 cm³/mol. The third kappa shape index (κ3) is 0.956. The number of carbonyl (C=O) groups is 2. The fourth-order valence-corrected chi connectivity index (χ4v) is 1.55. The summed E-state index contributed by atoms with van der Waals surface area (Å²) in [6, 6.07) is 0. The molecule has 1 saturated heterocycles. The van der Waals surface area contributed by atoms with Crippen LogP contribution in [0.2, 0.25) is 0 Å². The monoisotopic (exact) mass is 168 g/mol. The van der Waals surface area contributed by atoms with E-state index in [1.54, 1.807) is 6.08 Å². The van der Waals surface area contributed by atoms with Crippen molar-refractivity contribution < 1.29 is 19.4 Å². The first-order valence-corrected chi connectivity index (χ1v) is 3.78. The molecule has 1 aliphatic heterocycles. The number of carbonyl (C=O) groups excluding carboxylic acids is 2. The van der Waals surface area contributed by atoms with E-state index >= 15 is 0 Å². The summed E-state index contributed by atoms with van der Waals surface area (Å²) in [5, 5.41) is 9.24. The van der Waals surface area contributed by atoms with Gasteiger partial charge in [0.05, 0.1) is 5.92 Å². The van der Waals surface area contributed by atoms with E-state index in [1.165, 1.54) is 6.08 Å². The van der Waals surface area contributed by atoms with Crippen LogP contribution in [-0.2, 0) is 14.3 Å². The van der Waals surface area contributed by atoms with Crippen molar-refractivity contribution >= 4 is 11.8 Å². The molecule has 1 aliphatic carbocycles. The molecule has 3 atom stereocenters. The lowest BCUT2D eigenvalue weighted by Gasteiger charge is -2.17. The standard InChI is InChI=1S/C8H8O4/c9-4-1-2-5-6(3-4)12-8(11)7(5)10/h1-2,5-7,10H,3H2. The Morgan fingerprint density at radius 1 is 1.50 bits per heavy atom. The lowest BCUT2D eigenvalue weighted by atomic mass is 9.90. The molecule has 0 aromatic heterocycles. The molecule has 4 heteroatoms. The van der Waals surface area contributed by atoms with Gasteiger partial charge in [-0.2, -0.15) is 0 Å². The molecule has 3 unspecified atom stereocenters. The van der Waals surface area contributed by atoms with Crippen molar-refractivity contribution in [2.75, 3.05) is 0 Å². The van der Waals surface area contributed by atoms with Gasteiger partial charge in [-0.1, -0.05) is 6.08 Å². The van der Waals surface area contributed by atoms with Gasteiger partial charge in [-0.05, 0) is 6.08 Å². The maximum Gasteiger partial charge on any atom is 0.336 e. The number of hydrogen-bond donors (Lipinski definition) is 1. The molecule has 0 saturated carbocycles. The summed E-state index contributed by atoms with van der Waals surface area (Å²) < 4.78 is 4.79. The number of rotatable bonds is 0. The Morgan fingerprint density at radius 3 is 3.00 bits per heavy atom. The fourth-order valence-electron chi connectivity index (χ4n) is 1.55. The van der Waals surface area contributed by atoms with E-state index in [1.807, 2.05) is 0 Å². The molecule has 2 rings (SSSR count). The van der Waals surface area contributed by atoms with Crippen molar-refractivity contribution in [3.05, 3.63) is 12.2 Å². The molecule has 2 aliphatic rings. The van der Waals surface area contributed by atoms with Crippen molar-refractivity contribution in [1.82, 2.24) is 0 Å². The highest BCUT2D eigenvalue weighted by Crippen LogP contribution is 2.29. The van der Waals surface area contributed by atoms with Gasteiger partial charge in [-0.3, -0.25) is 4.79 Å². The van der Waals surface area contributed by atoms with Crippen LogP contribution in [0.15, 0.2) is 12.2 Å². The van der Waals surface area contributed by atoms with Gasteiger partial charge in [0.1, 0.15) is 6.10 Å². The summed E-state index contributed by atoms with van der Waals surface area (Å²) in [6.45, 7) is 0. The fraction of sp³-hybridized carbons (Fsp3) is 0.500. The molecule has 0 aromatic rings. The average Bonchev–Trinajstić information content (AvgIpc) is 2.28. The summed E-state index contributed by atoms with van der Waals surface area (Å²) in [4.78, 5) is 21.7. The summed E-state index contributed by atoms with van der Waals surface area (Å²) in [7, 11) is 0. The van der Waals surface area contributed by atoms with Crippen LogP contribution in [0.4, 0.5) is 0 Å². The highest BCUT2D eigenvalue weighted by molar-refractivity contribution is 5.92. The normalized spacial score (nSPS) is 39.6. The molecule has 0 amide bonds. The molecule has 1 heterocycles. The van der Waals surface area contributed by atoms with Crippen LogP contribution in [0.5, 0.6) is 0 Å². The quantitative estimate of drug-likeness (QED) is 0.491. The van der Waals surface area contributed by atoms with Gasteiger partial charge < -0.3 is 9.84 Å². The van der Waals surface area contributed by atoms with Gasteiger partial charge in [0.25, 0.3) is 0 Å². The molecular weight excluding hydrogens is 160 g/mol. The van der Waals surface area contributed by atoms with E-state index < -0.39 is 18.2 Å². The van der Waals surface area contributed by atoms with Gasteiger partial charge in [-0.25, -0.2) is 4.79 Å². The van der Waals surface area contributed by atoms with Gasteiger partial charge in [0.2, 0.25) is 0 Å². The minimum atomic E-state index is -1.08. The SMILES string of the molecule is O=C1C=CC2C(C1)OC(=O)C2O. The molecule has 12 heavy (non-hydrogen) atoms. The number of aliphatic hydroxyl groups excluding tert-OH is 1. The van der Waals surface area contributed by atoms with Crippen LogP contribution in [0.3, 0.4) is 0 Å².